The summed E-state index contributed by atoms with van der Waals surface area (Å²) in [6, 6.07) is 10.3. The van der Waals surface area contributed by atoms with Gasteiger partial charge in [-0.2, -0.15) is 10.2 Å². The average Bonchev–Trinajstić information content (AvgIpc) is 3.28. The lowest BCUT2D eigenvalue weighted by Crippen LogP contribution is -2.44. The summed E-state index contributed by atoms with van der Waals surface area (Å²) in [6.07, 6.45) is 1.49. The molecule has 8 heteroatoms. The van der Waals surface area contributed by atoms with E-state index in [0.717, 1.165) is 5.82 Å². The van der Waals surface area contributed by atoms with E-state index in [0.29, 0.717) is 48.3 Å². The molecule has 4 rings (SSSR count). The van der Waals surface area contributed by atoms with E-state index in [1.54, 1.807) is 25.2 Å². The molecular weight excluding hydrogens is 373 g/mol. The van der Waals surface area contributed by atoms with Crippen molar-refractivity contribution in [2.24, 2.45) is 0 Å². The van der Waals surface area contributed by atoms with Crippen molar-refractivity contribution >= 4 is 11.8 Å². The molecule has 3 heterocycles. The Hall–Kier alpha value is -3.44. The minimum Gasteiger partial charge on any atom is -0.464 e. The highest BCUT2D eigenvalue weighted by Gasteiger charge is 2.22. The van der Waals surface area contributed by atoms with Gasteiger partial charge in [-0.3, -0.25) is 0 Å². The standard InChI is InChI=1S/C21H20FN5O2/c1-13-12-28-7-5-27(13)20-10-18(25-21(24-2)26-20)14-8-15(19-4-3-6-29-19)16(11-23)17(22)9-14/h3-4,6,8-10,13H,5,7,12H2,1-2H3,(H,24,25,26). The topological polar surface area (TPSA) is 87.2 Å². The van der Waals surface area contributed by atoms with Gasteiger partial charge in [-0.1, -0.05) is 0 Å². The summed E-state index contributed by atoms with van der Waals surface area (Å²) in [5.74, 6) is 0.967. The third kappa shape index (κ3) is 3.65. The van der Waals surface area contributed by atoms with E-state index in [9.17, 15) is 9.65 Å². The molecule has 0 aliphatic carbocycles. The van der Waals surface area contributed by atoms with E-state index < -0.39 is 5.82 Å². The number of nitriles is 1. The van der Waals surface area contributed by atoms with Gasteiger partial charge < -0.3 is 19.4 Å². The van der Waals surface area contributed by atoms with E-state index in [2.05, 4.69) is 27.1 Å². The van der Waals surface area contributed by atoms with Gasteiger partial charge in [-0.05, 0) is 31.2 Å². The molecule has 29 heavy (non-hydrogen) atoms. The van der Waals surface area contributed by atoms with Gasteiger partial charge in [0.2, 0.25) is 5.95 Å². The fraction of sp³-hybridized carbons (Fsp3) is 0.286. The molecule has 1 aromatic carbocycles. The third-order valence-corrected chi connectivity index (χ3v) is 4.88. The number of ether oxygens (including phenoxy) is 1. The monoisotopic (exact) mass is 393 g/mol. The first-order valence-corrected chi connectivity index (χ1v) is 9.30. The van der Waals surface area contributed by atoms with Crippen LogP contribution in [0.2, 0.25) is 0 Å². The highest BCUT2D eigenvalue weighted by Crippen LogP contribution is 2.33. The Morgan fingerprint density at radius 3 is 2.86 bits per heavy atom. The summed E-state index contributed by atoms with van der Waals surface area (Å²) in [7, 11) is 1.74. The number of hydrogen-bond donors (Lipinski definition) is 1. The first-order valence-electron chi connectivity index (χ1n) is 9.30. The molecule has 7 nitrogen and oxygen atoms in total. The van der Waals surface area contributed by atoms with Crippen LogP contribution in [0, 0.1) is 17.1 Å². The molecule has 1 fully saturated rings. The third-order valence-electron chi connectivity index (χ3n) is 4.88. The fourth-order valence-electron chi connectivity index (χ4n) is 3.40. The molecule has 1 saturated heterocycles. The zero-order valence-corrected chi connectivity index (χ0v) is 16.1. The van der Waals surface area contributed by atoms with Crippen molar-refractivity contribution in [1.29, 1.82) is 5.26 Å². The van der Waals surface area contributed by atoms with Gasteiger partial charge in [0.1, 0.15) is 23.5 Å². The number of rotatable bonds is 4. The molecule has 148 valence electrons. The van der Waals surface area contributed by atoms with Crippen molar-refractivity contribution in [2.75, 3.05) is 37.0 Å². The van der Waals surface area contributed by atoms with Crippen molar-refractivity contribution in [3.63, 3.8) is 0 Å². The molecule has 1 atom stereocenters. The van der Waals surface area contributed by atoms with Crippen molar-refractivity contribution in [3.05, 3.63) is 48.0 Å². The minimum absolute atomic E-state index is 0.0615. The SMILES string of the molecule is CNc1nc(-c2cc(F)c(C#N)c(-c3ccco3)c2)cc(N2CCOCC2C)n1. The molecule has 2 aromatic heterocycles. The van der Waals surface area contributed by atoms with Crippen molar-refractivity contribution < 1.29 is 13.5 Å². The summed E-state index contributed by atoms with van der Waals surface area (Å²) in [5, 5.41) is 12.4. The predicted octanol–water partition coefficient (Wildman–Crippen LogP) is 3.68. The summed E-state index contributed by atoms with van der Waals surface area (Å²) in [5.41, 5.74) is 1.41. The second-order valence-corrected chi connectivity index (χ2v) is 6.77. The van der Waals surface area contributed by atoms with Crippen LogP contribution in [0.3, 0.4) is 0 Å². The Bertz CT molecular complexity index is 1060. The normalized spacial score (nSPS) is 16.5. The second-order valence-electron chi connectivity index (χ2n) is 6.77. The first kappa shape index (κ1) is 18.9. The average molecular weight is 393 g/mol. The largest absolute Gasteiger partial charge is 0.464 e. The maximum absolute atomic E-state index is 14.7. The van der Waals surface area contributed by atoms with Gasteiger partial charge in [-0.25, -0.2) is 9.37 Å². The number of furan rings is 1. The number of halogens is 1. The number of nitrogens with one attached hydrogen (secondary N) is 1. The molecule has 1 unspecified atom stereocenters. The molecule has 0 amide bonds. The maximum atomic E-state index is 14.7. The van der Waals surface area contributed by atoms with E-state index in [-0.39, 0.29) is 11.6 Å². The van der Waals surface area contributed by atoms with Crippen LogP contribution in [0.4, 0.5) is 16.2 Å². The Balaban J connectivity index is 1.84. The minimum atomic E-state index is -0.623. The van der Waals surface area contributed by atoms with Crippen LogP contribution < -0.4 is 10.2 Å². The zero-order valence-electron chi connectivity index (χ0n) is 16.1. The van der Waals surface area contributed by atoms with Crippen LogP contribution in [0.15, 0.2) is 41.0 Å². The number of benzene rings is 1. The van der Waals surface area contributed by atoms with E-state index >= 15 is 0 Å². The van der Waals surface area contributed by atoms with Crippen molar-refractivity contribution in [1.82, 2.24) is 9.97 Å². The molecular formula is C21H20FN5O2. The summed E-state index contributed by atoms with van der Waals surface area (Å²) in [6.45, 7) is 4.01. The fourth-order valence-corrected chi connectivity index (χ4v) is 3.40. The predicted molar refractivity (Wildman–Crippen MR) is 107 cm³/mol. The molecule has 1 aliphatic heterocycles. The van der Waals surface area contributed by atoms with Crippen LogP contribution in [-0.2, 0) is 4.74 Å². The smallest absolute Gasteiger partial charge is 0.224 e. The molecule has 0 radical (unpaired) electrons. The lowest BCUT2D eigenvalue weighted by molar-refractivity contribution is 0.0985. The van der Waals surface area contributed by atoms with Gasteiger partial charge in [0.15, 0.2) is 0 Å². The van der Waals surface area contributed by atoms with Crippen LogP contribution in [0.1, 0.15) is 12.5 Å². The van der Waals surface area contributed by atoms with Crippen LogP contribution in [0.5, 0.6) is 0 Å². The lowest BCUT2D eigenvalue weighted by Gasteiger charge is -2.34. The number of aromatic nitrogens is 2. The van der Waals surface area contributed by atoms with Crippen LogP contribution in [-0.4, -0.2) is 42.8 Å². The highest BCUT2D eigenvalue weighted by atomic mass is 19.1. The van der Waals surface area contributed by atoms with E-state index in [4.69, 9.17) is 9.15 Å². The number of morpholine rings is 1. The quantitative estimate of drug-likeness (QED) is 0.723. The van der Waals surface area contributed by atoms with E-state index in [1.165, 1.54) is 12.3 Å². The van der Waals surface area contributed by atoms with Crippen LogP contribution >= 0.6 is 0 Å². The summed E-state index contributed by atoms with van der Waals surface area (Å²) in [4.78, 5) is 11.2. The van der Waals surface area contributed by atoms with Gasteiger partial charge in [-0.15, -0.1) is 0 Å². The second kappa shape index (κ2) is 7.89. The first-order chi connectivity index (χ1) is 14.1. The number of nitrogens with zero attached hydrogens (tertiary/aromatic N) is 4. The van der Waals surface area contributed by atoms with Crippen LogP contribution in [0.25, 0.3) is 22.6 Å². The molecule has 1 aliphatic rings. The summed E-state index contributed by atoms with van der Waals surface area (Å²) >= 11 is 0. The van der Waals surface area contributed by atoms with E-state index in [1.807, 2.05) is 12.1 Å². The van der Waals surface area contributed by atoms with Gasteiger partial charge >= 0.3 is 0 Å². The number of anilines is 2. The van der Waals surface area contributed by atoms with Gasteiger partial charge in [0.25, 0.3) is 0 Å². The van der Waals surface area contributed by atoms with Gasteiger partial charge in [0, 0.05) is 30.8 Å². The Kier molecular flexibility index (Phi) is 5.14. The molecule has 0 bridgehead atoms. The maximum Gasteiger partial charge on any atom is 0.224 e. The molecule has 1 N–H and O–H groups in total. The van der Waals surface area contributed by atoms with Gasteiger partial charge in [0.05, 0.1) is 36.8 Å². The highest BCUT2D eigenvalue weighted by molar-refractivity contribution is 5.75. The Labute approximate surface area is 167 Å². The molecule has 0 saturated carbocycles. The van der Waals surface area contributed by atoms with Crippen molar-refractivity contribution in [3.8, 4) is 28.7 Å². The molecule has 3 aromatic rings. The number of hydrogen-bond acceptors (Lipinski definition) is 7. The molecule has 0 spiro atoms. The van der Waals surface area contributed by atoms with Crippen molar-refractivity contribution in [2.45, 2.75) is 13.0 Å². The Morgan fingerprint density at radius 1 is 1.31 bits per heavy atom. The summed E-state index contributed by atoms with van der Waals surface area (Å²) < 4.78 is 25.7. The lowest BCUT2D eigenvalue weighted by atomic mass is 10.00. The Morgan fingerprint density at radius 2 is 2.17 bits per heavy atom. The zero-order chi connectivity index (χ0) is 20.4.